The zero-order valence-corrected chi connectivity index (χ0v) is 23.2. The maximum Gasteiger partial charge on any atom is 0.252 e. The molecule has 1 saturated carbocycles. The van der Waals surface area contributed by atoms with Gasteiger partial charge in [0.15, 0.2) is 0 Å². The molecule has 0 unspecified atom stereocenters. The van der Waals surface area contributed by atoms with Crippen LogP contribution in [0.3, 0.4) is 0 Å². The Balaban J connectivity index is 1.55. The van der Waals surface area contributed by atoms with E-state index in [0.717, 1.165) is 40.6 Å². The number of benzene rings is 2. The van der Waals surface area contributed by atoms with Crippen LogP contribution in [0.4, 0.5) is 0 Å². The maximum atomic E-state index is 14.1. The SMILES string of the molecule is C[C@H](NC(=O)c1c(CN2CCN(S(C)(=O)=O)CC2)c(-c2ccccc2)nc2ccccc12)C1CCCCC1. The molecule has 2 heterocycles. The van der Waals surface area contributed by atoms with Gasteiger partial charge in [0, 0.05) is 55.3 Å². The molecule has 2 fully saturated rings. The maximum absolute atomic E-state index is 14.1. The van der Waals surface area contributed by atoms with Gasteiger partial charge >= 0.3 is 0 Å². The predicted molar refractivity (Wildman–Crippen MR) is 152 cm³/mol. The van der Waals surface area contributed by atoms with E-state index in [9.17, 15) is 13.2 Å². The fraction of sp³-hybridized carbons (Fsp3) is 0.467. The molecule has 1 N–H and O–H groups in total. The normalized spacial score (nSPS) is 18.9. The van der Waals surface area contributed by atoms with Crippen LogP contribution in [0, 0.1) is 5.92 Å². The van der Waals surface area contributed by atoms with Crippen molar-refractivity contribution in [2.45, 2.75) is 51.6 Å². The number of fused-ring (bicyclic) bond motifs is 1. The lowest BCUT2D eigenvalue weighted by Crippen LogP contribution is -2.48. The Bertz CT molecular complexity index is 1380. The number of para-hydroxylation sites is 1. The molecule has 1 amide bonds. The summed E-state index contributed by atoms with van der Waals surface area (Å²) in [5, 5.41) is 4.22. The Morgan fingerprint density at radius 2 is 1.63 bits per heavy atom. The number of piperazine rings is 1. The van der Waals surface area contributed by atoms with E-state index in [4.69, 9.17) is 4.98 Å². The van der Waals surface area contributed by atoms with Crippen molar-refractivity contribution in [3.63, 3.8) is 0 Å². The van der Waals surface area contributed by atoms with Gasteiger partial charge in [0.25, 0.3) is 5.91 Å². The first-order valence-electron chi connectivity index (χ1n) is 13.8. The molecule has 1 aromatic heterocycles. The lowest BCUT2D eigenvalue weighted by Gasteiger charge is -2.34. The minimum Gasteiger partial charge on any atom is -0.349 e. The number of pyridine rings is 1. The number of amides is 1. The van der Waals surface area contributed by atoms with Crippen LogP contribution in [0.1, 0.15) is 54.9 Å². The van der Waals surface area contributed by atoms with E-state index in [1.54, 1.807) is 0 Å². The minimum absolute atomic E-state index is 0.0522. The highest BCUT2D eigenvalue weighted by Crippen LogP contribution is 2.33. The number of aromatic nitrogens is 1. The van der Waals surface area contributed by atoms with Crippen molar-refractivity contribution in [1.29, 1.82) is 0 Å². The van der Waals surface area contributed by atoms with Gasteiger partial charge in [0.05, 0.1) is 23.0 Å². The van der Waals surface area contributed by atoms with Gasteiger partial charge < -0.3 is 5.32 Å². The van der Waals surface area contributed by atoms with Crippen LogP contribution in [-0.2, 0) is 16.6 Å². The highest BCUT2D eigenvalue weighted by molar-refractivity contribution is 7.88. The van der Waals surface area contributed by atoms with Crippen molar-refractivity contribution in [3.8, 4) is 11.3 Å². The molecule has 2 aromatic carbocycles. The van der Waals surface area contributed by atoms with Crippen LogP contribution >= 0.6 is 0 Å². The summed E-state index contributed by atoms with van der Waals surface area (Å²) in [4.78, 5) is 21.4. The Hall–Kier alpha value is -2.81. The third-order valence-electron chi connectivity index (χ3n) is 8.17. The summed E-state index contributed by atoms with van der Waals surface area (Å²) in [6.45, 7) is 4.77. The smallest absolute Gasteiger partial charge is 0.252 e. The van der Waals surface area contributed by atoms with Crippen LogP contribution in [0.2, 0.25) is 0 Å². The number of sulfonamides is 1. The molecule has 202 valence electrons. The fourth-order valence-corrected chi connectivity index (χ4v) is 6.80. The van der Waals surface area contributed by atoms with E-state index in [1.165, 1.54) is 29.8 Å². The van der Waals surface area contributed by atoms with Crippen LogP contribution < -0.4 is 5.32 Å². The summed E-state index contributed by atoms with van der Waals surface area (Å²) < 4.78 is 25.6. The first kappa shape index (κ1) is 26.8. The second kappa shape index (κ2) is 11.5. The van der Waals surface area contributed by atoms with E-state index >= 15 is 0 Å². The second-order valence-electron chi connectivity index (χ2n) is 10.8. The molecule has 0 bridgehead atoms. The first-order chi connectivity index (χ1) is 18.3. The van der Waals surface area contributed by atoms with Gasteiger partial charge in [-0.2, -0.15) is 4.31 Å². The summed E-state index contributed by atoms with van der Waals surface area (Å²) in [5.74, 6) is 0.450. The van der Waals surface area contributed by atoms with Crippen molar-refractivity contribution in [2.75, 3.05) is 32.4 Å². The summed E-state index contributed by atoms with van der Waals surface area (Å²) in [5.41, 5.74) is 4.16. The molecule has 5 rings (SSSR count). The monoisotopic (exact) mass is 534 g/mol. The third-order valence-corrected chi connectivity index (χ3v) is 9.47. The van der Waals surface area contributed by atoms with E-state index in [0.29, 0.717) is 44.2 Å². The quantitative estimate of drug-likeness (QED) is 0.476. The molecule has 1 aliphatic heterocycles. The van der Waals surface area contributed by atoms with Crippen LogP contribution in [0.15, 0.2) is 54.6 Å². The van der Waals surface area contributed by atoms with Gasteiger partial charge in [-0.25, -0.2) is 13.4 Å². The van der Waals surface area contributed by atoms with Crippen molar-refractivity contribution in [1.82, 2.24) is 19.5 Å². The lowest BCUT2D eigenvalue weighted by molar-refractivity contribution is 0.0918. The number of nitrogens with one attached hydrogen (secondary N) is 1. The average molecular weight is 535 g/mol. The minimum atomic E-state index is -3.22. The second-order valence-corrected chi connectivity index (χ2v) is 12.8. The molecule has 38 heavy (non-hydrogen) atoms. The van der Waals surface area contributed by atoms with Crippen molar-refractivity contribution in [2.24, 2.45) is 5.92 Å². The van der Waals surface area contributed by atoms with E-state index in [1.807, 2.05) is 54.6 Å². The Morgan fingerprint density at radius 1 is 0.974 bits per heavy atom. The standard InChI is InChI=1S/C30H38N4O3S/c1-22(23-11-5-3-6-12-23)31-30(35)28-25-15-9-10-16-27(25)32-29(24-13-7-4-8-14-24)26(28)21-33-17-19-34(20-18-33)38(2,36)37/h4,7-10,13-16,22-23H,3,5-6,11-12,17-21H2,1-2H3,(H,31,35)/t22-/m0/s1. The molecule has 1 atom stereocenters. The zero-order chi connectivity index (χ0) is 26.7. The van der Waals surface area contributed by atoms with Crippen molar-refractivity contribution < 1.29 is 13.2 Å². The molecule has 8 heteroatoms. The van der Waals surface area contributed by atoms with Crippen LogP contribution in [-0.4, -0.2) is 67.0 Å². The lowest BCUT2D eigenvalue weighted by atomic mass is 9.84. The van der Waals surface area contributed by atoms with Gasteiger partial charge in [-0.3, -0.25) is 9.69 Å². The number of carbonyl (C=O) groups is 1. The van der Waals surface area contributed by atoms with Crippen molar-refractivity contribution >= 4 is 26.8 Å². The molecule has 1 aliphatic carbocycles. The summed E-state index contributed by atoms with van der Waals surface area (Å²) in [6.07, 6.45) is 7.32. The molecule has 2 aliphatic rings. The number of carbonyl (C=O) groups excluding carboxylic acids is 1. The molecule has 3 aromatic rings. The number of rotatable bonds is 7. The highest BCUT2D eigenvalue weighted by Gasteiger charge is 2.29. The summed E-state index contributed by atoms with van der Waals surface area (Å²) >= 11 is 0. The topological polar surface area (TPSA) is 82.6 Å². The number of hydrogen-bond donors (Lipinski definition) is 1. The van der Waals surface area contributed by atoms with E-state index < -0.39 is 10.0 Å². The number of nitrogens with zero attached hydrogens (tertiary/aromatic N) is 3. The van der Waals surface area contributed by atoms with Gasteiger partial charge in [0.1, 0.15) is 0 Å². The molecule has 7 nitrogen and oxygen atoms in total. The van der Waals surface area contributed by atoms with Crippen LogP contribution in [0.5, 0.6) is 0 Å². The average Bonchev–Trinajstić information content (AvgIpc) is 2.93. The largest absolute Gasteiger partial charge is 0.349 e. The molecule has 0 radical (unpaired) electrons. The summed E-state index contributed by atoms with van der Waals surface area (Å²) in [7, 11) is -3.22. The highest BCUT2D eigenvalue weighted by atomic mass is 32.2. The molecule has 1 saturated heterocycles. The summed E-state index contributed by atoms with van der Waals surface area (Å²) in [6, 6.07) is 18.0. The first-order valence-corrected chi connectivity index (χ1v) is 15.6. The van der Waals surface area contributed by atoms with Gasteiger partial charge in [-0.15, -0.1) is 0 Å². The Kier molecular flexibility index (Phi) is 8.12. The van der Waals surface area contributed by atoms with Gasteiger partial charge in [-0.05, 0) is 31.7 Å². The Morgan fingerprint density at radius 3 is 2.32 bits per heavy atom. The molecular weight excluding hydrogens is 496 g/mol. The van der Waals surface area contributed by atoms with Crippen molar-refractivity contribution in [3.05, 3.63) is 65.7 Å². The van der Waals surface area contributed by atoms with E-state index in [-0.39, 0.29) is 11.9 Å². The Labute approximate surface area is 226 Å². The van der Waals surface area contributed by atoms with E-state index in [2.05, 4.69) is 17.1 Å². The predicted octanol–water partition coefficient (Wildman–Crippen LogP) is 4.68. The molecule has 0 spiro atoms. The van der Waals surface area contributed by atoms with Crippen LogP contribution in [0.25, 0.3) is 22.2 Å². The van der Waals surface area contributed by atoms with Gasteiger partial charge in [0.2, 0.25) is 10.0 Å². The fourth-order valence-electron chi connectivity index (χ4n) is 5.97. The third kappa shape index (κ3) is 5.92. The molecular formula is C30H38N4O3S. The zero-order valence-electron chi connectivity index (χ0n) is 22.4. The number of hydrogen-bond acceptors (Lipinski definition) is 5. The van der Waals surface area contributed by atoms with Gasteiger partial charge in [-0.1, -0.05) is 67.8 Å².